The average Bonchev–Trinajstić information content (AvgIpc) is 3.37. The van der Waals surface area contributed by atoms with E-state index in [1.54, 1.807) is 0 Å². The smallest absolute Gasteiger partial charge is 0.435 e. The highest BCUT2D eigenvalue weighted by atomic mass is 19.4. The highest BCUT2D eigenvalue weighted by Gasteiger charge is 2.63. The SMILES string of the molecule is COC(=O)c1ccc(C2=NOC(c3cc(C(F)(F)F)cc(C(F)(F)F)c3)(C(F)(F)F)C2)nc1N(C(=O)OC(C)(C)C)C(=O)OC(C)(C)C. The lowest BCUT2D eigenvalue weighted by molar-refractivity contribution is -0.276. The average molecular weight is 702 g/mol. The maximum atomic E-state index is 14.6. The normalized spacial score (nSPS) is 17.3. The summed E-state index contributed by atoms with van der Waals surface area (Å²) in [6, 6.07) is 1.10. The van der Waals surface area contributed by atoms with Crippen molar-refractivity contribution in [3.05, 3.63) is 58.3 Å². The van der Waals surface area contributed by atoms with Crippen molar-refractivity contribution >= 4 is 29.7 Å². The molecule has 0 saturated heterocycles. The molecule has 48 heavy (non-hydrogen) atoms. The van der Waals surface area contributed by atoms with Crippen LogP contribution in [0.1, 0.15) is 80.7 Å². The first-order valence-electron chi connectivity index (χ1n) is 13.6. The van der Waals surface area contributed by atoms with Crippen molar-refractivity contribution < 1.29 is 72.9 Å². The van der Waals surface area contributed by atoms with Crippen LogP contribution in [0.3, 0.4) is 0 Å². The number of esters is 1. The van der Waals surface area contributed by atoms with E-state index in [4.69, 9.17) is 9.47 Å². The highest BCUT2D eigenvalue weighted by Crippen LogP contribution is 2.51. The maximum Gasteiger partial charge on any atom is 0.435 e. The van der Waals surface area contributed by atoms with E-state index in [0.29, 0.717) is 0 Å². The van der Waals surface area contributed by atoms with Crippen LogP contribution in [0.15, 0.2) is 35.5 Å². The van der Waals surface area contributed by atoms with Gasteiger partial charge in [0.1, 0.15) is 22.5 Å². The van der Waals surface area contributed by atoms with Gasteiger partial charge in [-0.05, 0) is 71.9 Å². The Bertz CT molecular complexity index is 1560. The number of benzene rings is 1. The zero-order valence-corrected chi connectivity index (χ0v) is 26.2. The Balaban J connectivity index is 2.25. The number of amides is 2. The number of hydrogen-bond donors (Lipinski definition) is 0. The van der Waals surface area contributed by atoms with E-state index in [1.165, 1.54) is 41.5 Å². The monoisotopic (exact) mass is 701 g/mol. The molecule has 0 bridgehead atoms. The number of aromatic nitrogens is 1. The van der Waals surface area contributed by atoms with E-state index in [1.807, 2.05) is 0 Å². The van der Waals surface area contributed by atoms with E-state index in [-0.39, 0.29) is 23.1 Å². The molecule has 1 unspecified atom stereocenters. The fourth-order valence-corrected chi connectivity index (χ4v) is 4.14. The first-order chi connectivity index (χ1) is 21.6. The molecule has 1 aromatic carbocycles. The summed E-state index contributed by atoms with van der Waals surface area (Å²) in [6.07, 6.45) is -21.1. The number of hydrogen-bond acceptors (Lipinski definition) is 9. The number of imide groups is 1. The third kappa shape index (κ3) is 8.28. The molecule has 0 fully saturated rings. The Morgan fingerprint density at radius 1 is 0.792 bits per heavy atom. The number of ether oxygens (including phenoxy) is 3. The van der Waals surface area contributed by atoms with E-state index >= 15 is 0 Å². The standard InChI is InChI=1S/C29H28F9N3O7/c1-24(2,3)46-22(43)41(23(44)47-25(4,5)6)20-17(21(42)45-7)8-9-18(39-20)19-13-26(48-40-19,29(36,37)38)14-10-15(27(30,31)32)12-16(11-14)28(33,34)35/h8-12H,13H2,1-7H3. The summed E-state index contributed by atoms with van der Waals surface area (Å²) in [5.74, 6) is -2.08. The zero-order chi connectivity index (χ0) is 36.8. The van der Waals surface area contributed by atoms with Crippen LogP contribution in [-0.4, -0.2) is 53.3 Å². The molecule has 19 heteroatoms. The number of halogens is 9. The molecule has 264 valence electrons. The fourth-order valence-electron chi connectivity index (χ4n) is 4.14. The van der Waals surface area contributed by atoms with Crippen LogP contribution in [0.5, 0.6) is 0 Å². The Morgan fingerprint density at radius 2 is 1.27 bits per heavy atom. The summed E-state index contributed by atoms with van der Waals surface area (Å²) in [6.45, 7) is 8.52. The van der Waals surface area contributed by atoms with Gasteiger partial charge in [0.05, 0.1) is 30.4 Å². The molecule has 0 radical (unpaired) electrons. The van der Waals surface area contributed by atoms with Gasteiger partial charge in [-0.3, -0.25) is 0 Å². The quantitative estimate of drug-likeness (QED) is 0.178. The molecule has 3 rings (SSSR count). The topological polar surface area (TPSA) is 117 Å². The lowest BCUT2D eigenvalue weighted by Crippen LogP contribution is -2.45. The van der Waals surface area contributed by atoms with E-state index < -0.39 is 99.4 Å². The van der Waals surface area contributed by atoms with Crippen LogP contribution in [0, 0.1) is 0 Å². The maximum absolute atomic E-state index is 14.6. The van der Waals surface area contributed by atoms with Crippen LogP contribution >= 0.6 is 0 Å². The number of carbonyl (C=O) groups excluding carboxylic acids is 3. The molecule has 2 aromatic rings. The van der Waals surface area contributed by atoms with Gasteiger partial charge in [0, 0.05) is 5.56 Å². The first-order valence-corrected chi connectivity index (χ1v) is 13.6. The summed E-state index contributed by atoms with van der Waals surface area (Å²) in [5, 5.41) is 3.29. The van der Waals surface area contributed by atoms with Crippen molar-refractivity contribution in [3.8, 4) is 0 Å². The third-order valence-corrected chi connectivity index (χ3v) is 6.18. The second kappa shape index (κ2) is 12.5. The summed E-state index contributed by atoms with van der Waals surface area (Å²) in [4.78, 5) is 47.9. The molecule has 1 aliphatic rings. The number of anilines is 1. The Morgan fingerprint density at radius 3 is 1.67 bits per heavy atom. The second-order valence-corrected chi connectivity index (χ2v) is 12.3. The molecule has 1 aromatic heterocycles. The van der Waals surface area contributed by atoms with Crippen molar-refractivity contribution in [2.75, 3.05) is 12.0 Å². The minimum Gasteiger partial charge on any atom is -0.465 e. The summed E-state index contributed by atoms with van der Waals surface area (Å²) in [7, 11) is 0.919. The minimum absolute atomic E-state index is 0.146. The predicted molar refractivity (Wildman–Crippen MR) is 147 cm³/mol. The van der Waals surface area contributed by atoms with Gasteiger partial charge in [-0.2, -0.15) is 44.4 Å². The fraction of sp³-hybridized carbons (Fsp3) is 0.483. The van der Waals surface area contributed by atoms with Gasteiger partial charge in [0.15, 0.2) is 5.82 Å². The van der Waals surface area contributed by atoms with E-state index in [9.17, 15) is 53.9 Å². The van der Waals surface area contributed by atoms with Gasteiger partial charge in [-0.1, -0.05) is 5.16 Å². The van der Waals surface area contributed by atoms with Gasteiger partial charge in [0.25, 0.3) is 5.60 Å². The molecule has 0 N–H and O–H groups in total. The lowest BCUT2D eigenvalue weighted by Gasteiger charge is -2.30. The van der Waals surface area contributed by atoms with Crippen molar-refractivity contribution in [2.24, 2.45) is 5.16 Å². The number of pyridine rings is 1. The van der Waals surface area contributed by atoms with Crippen molar-refractivity contribution in [1.82, 2.24) is 4.98 Å². The van der Waals surface area contributed by atoms with E-state index in [2.05, 4.69) is 19.7 Å². The number of nitrogens with zero attached hydrogens (tertiary/aromatic N) is 3. The van der Waals surface area contributed by atoms with Gasteiger partial charge in [-0.15, -0.1) is 0 Å². The number of rotatable bonds is 4. The molecule has 0 saturated carbocycles. The minimum atomic E-state index is -5.67. The summed E-state index contributed by atoms with van der Waals surface area (Å²) >= 11 is 0. The second-order valence-electron chi connectivity index (χ2n) is 12.3. The van der Waals surface area contributed by atoms with Crippen LogP contribution in [0.2, 0.25) is 0 Å². The summed E-state index contributed by atoms with van der Waals surface area (Å²) in [5.41, 5.74) is -14.1. The van der Waals surface area contributed by atoms with Crippen LogP contribution < -0.4 is 4.90 Å². The molecule has 0 spiro atoms. The largest absolute Gasteiger partial charge is 0.465 e. The molecule has 10 nitrogen and oxygen atoms in total. The Labute approximate surface area is 266 Å². The molecular formula is C29H28F9N3O7. The van der Waals surface area contributed by atoms with E-state index in [0.717, 1.165) is 19.2 Å². The molecule has 1 aliphatic heterocycles. The molecule has 2 heterocycles. The number of carbonyl (C=O) groups is 3. The van der Waals surface area contributed by atoms with Crippen LogP contribution in [-0.2, 0) is 37.0 Å². The molecule has 1 atom stereocenters. The number of oxime groups is 1. The first kappa shape index (κ1) is 37.9. The molecule has 0 aliphatic carbocycles. The van der Waals surface area contributed by atoms with Crippen molar-refractivity contribution in [2.45, 2.75) is 83.3 Å². The lowest BCUT2D eigenvalue weighted by atomic mass is 9.85. The highest BCUT2D eigenvalue weighted by molar-refractivity contribution is 6.13. The Kier molecular flexibility index (Phi) is 9.83. The third-order valence-electron chi connectivity index (χ3n) is 6.18. The molecule has 2 amide bonds. The predicted octanol–water partition coefficient (Wildman–Crippen LogP) is 8.16. The number of methoxy groups -OCH3 is 1. The number of alkyl halides is 9. The van der Waals surface area contributed by atoms with Gasteiger partial charge in [-0.25, -0.2) is 19.4 Å². The zero-order valence-electron chi connectivity index (χ0n) is 26.2. The van der Waals surface area contributed by atoms with Crippen LogP contribution in [0.4, 0.5) is 54.9 Å². The Hall–Kier alpha value is -4.58. The van der Waals surface area contributed by atoms with Gasteiger partial charge < -0.3 is 19.0 Å². The van der Waals surface area contributed by atoms with Crippen molar-refractivity contribution in [3.63, 3.8) is 0 Å². The summed E-state index contributed by atoms with van der Waals surface area (Å²) < 4.78 is 140. The van der Waals surface area contributed by atoms with Crippen LogP contribution in [0.25, 0.3) is 0 Å². The molecular weight excluding hydrogens is 673 g/mol. The van der Waals surface area contributed by atoms with Gasteiger partial charge in [0.2, 0.25) is 0 Å². The van der Waals surface area contributed by atoms with Gasteiger partial charge >= 0.3 is 36.7 Å². The van der Waals surface area contributed by atoms with Crippen molar-refractivity contribution in [1.29, 1.82) is 0 Å².